The molecule has 4 N–H and O–H groups in total. The molecule has 0 bridgehead atoms. The number of hydrogen-bond donors (Lipinski definition) is 2. The van der Waals surface area contributed by atoms with E-state index in [1.807, 2.05) is 0 Å². The van der Waals surface area contributed by atoms with Crippen LogP contribution in [0.4, 0.5) is 28.9 Å². The van der Waals surface area contributed by atoms with Crippen LogP contribution in [0.15, 0.2) is 6.07 Å². The van der Waals surface area contributed by atoms with Gasteiger partial charge in [0, 0.05) is 0 Å². The van der Waals surface area contributed by atoms with Crippen LogP contribution in [0.25, 0.3) is 0 Å². The Balaban J connectivity index is 3.12. The van der Waals surface area contributed by atoms with Crippen molar-refractivity contribution in [2.24, 2.45) is 0 Å². The summed E-state index contributed by atoms with van der Waals surface area (Å²) in [6.07, 6.45) is -6.84. The average Bonchev–Trinajstić information content (AvgIpc) is 2.19. The standard InChI is InChI=1S/C9H9ClF4N2O/c1-3(9(12,13)14)17-8-5(16)2-4(15)6(10)7(8)11/h2-3H,15-16H2,1H3. The molecule has 0 aliphatic heterocycles. The zero-order chi connectivity index (χ0) is 13.4. The topological polar surface area (TPSA) is 61.3 Å². The molecule has 1 rings (SSSR count). The van der Waals surface area contributed by atoms with Crippen molar-refractivity contribution in [2.75, 3.05) is 11.5 Å². The van der Waals surface area contributed by atoms with Gasteiger partial charge in [0.15, 0.2) is 17.7 Å². The number of nitrogen functional groups attached to an aromatic ring is 2. The van der Waals surface area contributed by atoms with Gasteiger partial charge in [-0.3, -0.25) is 0 Å². The molecule has 0 aromatic heterocycles. The van der Waals surface area contributed by atoms with Gasteiger partial charge in [-0.05, 0) is 13.0 Å². The van der Waals surface area contributed by atoms with Gasteiger partial charge in [0.05, 0.1) is 11.4 Å². The molecule has 1 aromatic carbocycles. The Morgan fingerprint density at radius 3 is 2.29 bits per heavy atom. The highest BCUT2D eigenvalue weighted by atomic mass is 35.5. The van der Waals surface area contributed by atoms with E-state index in [0.29, 0.717) is 0 Å². The van der Waals surface area contributed by atoms with Crippen LogP contribution >= 0.6 is 11.6 Å². The van der Waals surface area contributed by atoms with Crippen molar-refractivity contribution < 1.29 is 22.3 Å². The molecule has 0 fully saturated rings. The van der Waals surface area contributed by atoms with Gasteiger partial charge in [0.1, 0.15) is 5.02 Å². The first kappa shape index (κ1) is 13.7. The van der Waals surface area contributed by atoms with E-state index in [-0.39, 0.29) is 11.4 Å². The Morgan fingerprint density at radius 1 is 1.29 bits per heavy atom. The highest BCUT2D eigenvalue weighted by Gasteiger charge is 2.39. The lowest BCUT2D eigenvalue weighted by Crippen LogP contribution is -2.31. The van der Waals surface area contributed by atoms with E-state index < -0.39 is 28.9 Å². The minimum atomic E-state index is -4.63. The number of hydrogen-bond acceptors (Lipinski definition) is 3. The maximum absolute atomic E-state index is 13.5. The van der Waals surface area contributed by atoms with Crippen LogP contribution in [0.1, 0.15) is 6.92 Å². The summed E-state index contributed by atoms with van der Waals surface area (Å²) in [6, 6.07) is 1.03. The van der Waals surface area contributed by atoms with Crippen LogP contribution in [0.2, 0.25) is 5.02 Å². The highest BCUT2D eigenvalue weighted by Crippen LogP contribution is 2.37. The first-order valence-electron chi connectivity index (χ1n) is 4.41. The van der Waals surface area contributed by atoms with Gasteiger partial charge in [-0.2, -0.15) is 13.2 Å². The fraction of sp³-hybridized carbons (Fsp3) is 0.333. The molecule has 96 valence electrons. The van der Waals surface area contributed by atoms with Crippen LogP contribution in [-0.4, -0.2) is 12.3 Å². The molecule has 0 heterocycles. The molecular formula is C9H9ClF4N2O. The third-order valence-electron chi connectivity index (χ3n) is 1.97. The predicted molar refractivity (Wildman–Crippen MR) is 56.4 cm³/mol. The zero-order valence-electron chi connectivity index (χ0n) is 8.61. The quantitative estimate of drug-likeness (QED) is 0.643. The van der Waals surface area contributed by atoms with E-state index in [1.54, 1.807) is 0 Å². The number of ether oxygens (including phenoxy) is 1. The number of benzene rings is 1. The van der Waals surface area contributed by atoms with Gasteiger partial charge in [0.2, 0.25) is 0 Å². The van der Waals surface area contributed by atoms with E-state index in [2.05, 4.69) is 4.74 Å². The number of anilines is 2. The Labute approximate surface area is 99.3 Å². The SMILES string of the molecule is CC(Oc1c(N)cc(N)c(Cl)c1F)C(F)(F)F. The maximum atomic E-state index is 13.5. The maximum Gasteiger partial charge on any atom is 0.425 e. The monoisotopic (exact) mass is 272 g/mol. The van der Waals surface area contributed by atoms with E-state index in [0.717, 1.165) is 13.0 Å². The van der Waals surface area contributed by atoms with Crippen LogP contribution in [0.5, 0.6) is 5.75 Å². The molecular weight excluding hydrogens is 264 g/mol. The molecule has 0 amide bonds. The summed E-state index contributed by atoms with van der Waals surface area (Å²) >= 11 is 5.44. The smallest absolute Gasteiger partial charge is 0.425 e. The lowest BCUT2D eigenvalue weighted by atomic mass is 10.2. The van der Waals surface area contributed by atoms with E-state index in [1.165, 1.54) is 0 Å². The molecule has 8 heteroatoms. The number of rotatable bonds is 2. The molecule has 0 radical (unpaired) electrons. The van der Waals surface area contributed by atoms with Crippen LogP contribution < -0.4 is 16.2 Å². The summed E-state index contributed by atoms with van der Waals surface area (Å²) in [5, 5.41) is -0.524. The molecule has 17 heavy (non-hydrogen) atoms. The van der Waals surface area contributed by atoms with Crippen molar-refractivity contribution >= 4 is 23.0 Å². The number of alkyl halides is 3. The molecule has 1 aromatic rings. The van der Waals surface area contributed by atoms with Gasteiger partial charge >= 0.3 is 6.18 Å². The fourth-order valence-corrected chi connectivity index (χ4v) is 1.15. The lowest BCUT2D eigenvalue weighted by molar-refractivity contribution is -0.189. The van der Waals surface area contributed by atoms with Crippen molar-refractivity contribution in [2.45, 2.75) is 19.2 Å². The van der Waals surface area contributed by atoms with Crippen molar-refractivity contribution in [3.63, 3.8) is 0 Å². The largest absolute Gasteiger partial charge is 0.476 e. The minimum absolute atomic E-state index is 0.173. The van der Waals surface area contributed by atoms with Crippen molar-refractivity contribution in [3.05, 3.63) is 16.9 Å². The van der Waals surface area contributed by atoms with Crippen molar-refractivity contribution in [3.8, 4) is 5.75 Å². The van der Waals surface area contributed by atoms with Crippen LogP contribution in [-0.2, 0) is 0 Å². The summed E-state index contributed by atoms with van der Waals surface area (Å²) in [7, 11) is 0. The number of nitrogens with two attached hydrogens (primary N) is 2. The van der Waals surface area contributed by atoms with E-state index in [4.69, 9.17) is 23.1 Å². The van der Waals surface area contributed by atoms with Crippen molar-refractivity contribution in [1.29, 1.82) is 0 Å². The zero-order valence-corrected chi connectivity index (χ0v) is 9.36. The third-order valence-corrected chi connectivity index (χ3v) is 2.36. The van der Waals surface area contributed by atoms with E-state index >= 15 is 0 Å². The molecule has 1 unspecified atom stereocenters. The third kappa shape index (κ3) is 2.85. The molecule has 0 saturated carbocycles. The summed E-state index contributed by atoms with van der Waals surface area (Å²) in [5.41, 5.74) is 10.1. The van der Waals surface area contributed by atoms with Crippen LogP contribution in [0.3, 0.4) is 0 Å². The van der Waals surface area contributed by atoms with Gasteiger partial charge in [0.25, 0.3) is 0 Å². The Hall–Kier alpha value is -1.37. The fourth-order valence-electron chi connectivity index (χ4n) is 1.01. The Kier molecular flexibility index (Phi) is 3.61. The first-order chi connectivity index (χ1) is 7.64. The predicted octanol–water partition coefficient (Wildman–Crippen LogP) is 2.97. The Bertz CT molecular complexity index is 436. The molecule has 0 saturated heterocycles. The summed E-state index contributed by atoms with van der Waals surface area (Å²) in [5.74, 6) is -1.96. The van der Waals surface area contributed by atoms with Gasteiger partial charge in [-0.1, -0.05) is 11.6 Å². The molecule has 3 nitrogen and oxygen atoms in total. The second kappa shape index (κ2) is 4.48. The summed E-state index contributed by atoms with van der Waals surface area (Å²) in [4.78, 5) is 0. The highest BCUT2D eigenvalue weighted by molar-refractivity contribution is 6.33. The molecule has 0 spiro atoms. The molecule has 1 atom stereocenters. The Morgan fingerprint density at radius 2 is 1.82 bits per heavy atom. The van der Waals surface area contributed by atoms with Gasteiger partial charge in [-0.15, -0.1) is 0 Å². The summed E-state index contributed by atoms with van der Waals surface area (Å²) < 4.78 is 54.6. The lowest BCUT2D eigenvalue weighted by Gasteiger charge is -2.19. The average molecular weight is 273 g/mol. The molecule has 0 aliphatic carbocycles. The van der Waals surface area contributed by atoms with Crippen molar-refractivity contribution in [1.82, 2.24) is 0 Å². The summed E-state index contributed by atoms with van der Waals surface area (Å²) in [6.45, 7) is 0.725. The second-order valence-corrected chi connectivity index (χ2v) is 3.69. The first-order valence-corrected chi connectivity index (χ1v) is 4.78. The van der Waals surface area contributed by atoms with Crippen LogP contribution in [0, 0.1) is 5.82 Å². The van der Waals surface area contributed by atoms with Gasteiger partial charge < -0.3 is 16.2 Å². The molecule has 0 aliphatic rings. The second-order valence-electron chi connectivity index (χ2n) is 3.31. The van der Waals surface area contributed by atoms with E-state index in [9.17, 15) is 17.6 Å². The van der Waals surface area contributed by atoms with Gasteiger partial charge in [-0.25, -0.2) is 4.39 Å². The normalized spacial score (nSPS) is 13.5. The number of halogens is 5. The minimum Gasteiger partial charge on any atom is -0.476 e.